The fraction of sp³-hybridized carbons (Fsp3) is 0.160. The lowest BCUT2D eigenvalue weighted by molar-refractivity contribution is -0.117. The minimum absolute atomic E-state index is 0.126. The number of carbonyl (C=O) groups excluding carboxylic acids is 3. The first-order valence-corrected chi connectivity index (χ1v) is 10.0. The molecule has 31 heavy (non-hydrogen) atoms. The van der Waals surface area contributed by atoms with Crippen LogP contribution in [0.25, 0.3) is 0 Å². The SMILES string of the molecule is CN(CCOc1ccccc1)CC(=O)Nc1cccc2c1C(=O)c1ccccc1C2=O. The van der Waals surface area contributed by atoms with Gasteiger partial charge in [0.2, 0.25) is 5.91 Å². The highest BCUT2D eigenvalue weighted by atomic mass is 16.5. The molecule has 0 spiro atoms. The van der Waals surface area contributed by atoms with Gasteiger partial charge in [0.25, 0.3) is 0 Å². The summed E-state index contributed by atoms with van der Waals surface area (Å²) in [6.45, 7) is 1.12. The van der Waals surface area contributed by atoms with Crippen molar-refractivity contribution < 1.29 is 19.1 Å². The third-order valence-electron chi connectivity index (χ3n) is 5.13. The third-order valence-corrected chi connectivity index (χ3v) is 5.13. The Labute approximate surface area is 180 Å². The lowest BCUT2D eigenvalue weighted by atomic mass is 9.83. The van der Waals surface area contributed by atoms with Gasteiger partial charge >= 0.3 is 0 Å². The molecule has 1 aliphatic carbocycles. The molecule has 1 amide bonds. The number of carbonyl (C=O) groups is 3. The molecule has 0 saturated carbocycles. The summed E-state index contributed by atoms with van der Waals surface area (Å²) in [5, 5.41) is 2.80. The van der Waals surface area contributed by atoms with Crippen molar-refractivity contribution in [1.82, 2.24) is 4.90 Å². The molecule has 0 fully saturated rings. The van der Waals surface area contributed by atoms with E-state index in [9.17, 15) is 14.4 Å². The summed E-state index contributed by atoms with van der Waals surface area (Å²) in [7, 11) is 1.82. The molecule has 1 aliphatic rings. The van der Waals surface area contributed by atoms with Crippen molar-refractivity contribution in [3.8, 4) is 5.75 Å². The maximum absolute atomic E-state index is 13.0. The van der Waals surface area contributed by atoms with Gasteiger partial charge in [0.1, 0.15) is 12.4 Å². The zero-order chi connectivity index (χ0) is 21.8. The monoisotopic (exact) mass is 414 g/mol. The second-order valence-corrected chi connectivity index (χ2v) is 7.38. The van der Waals surface area contributed by atoms with E-state index in [1.807, 2.05) is 42.3 Å². The number of hydrogen-bond acceptors (Lipinski definition) is 5. The minimum Gasteiger partial charge on any atom is -0.492 e. The van der Waals surface area contributed by atoms with Gasteiger partial charge in [-0.15, -0.1) is 0 Å². The molecule has 0 radical (unpaired) electrons. The number of ketones is 2. The van der Waals surface area contributed by atoms with E-state index in [0.29, 0.717) is 35.5 Å². The van der Waals surface area contributed by atoms with E-state index in [2.05, 4.69) is 5.32 Å². The number of benzene rings is 3. The Hall–Kier alpha value is -3.77. The highest BCUT2D eigenvalue weighted by Crippen LogP contribution is 2.31. The lowest BCUT2D eigenvalue weighted by Gasteiger charge is -2.21. The van der Waals surface area contributed by atoms with Crippen molar-refractivity contribution in [2.45, 2.75) is 0 Å². The van der Waals surface area contributed by atoms with Crippen LogP contribution in [0.3, 0.4) is 0 Å². The predicted molar refractivity (Wildman–Crippen MR) is 118 cm³/mol. The third kappa shape index (κ3) is 4.39. The van der Waals surface area contributed by atoms with Crippen LogP contribution in [0.2, 0.25) is 0 Å². The van der Waals surface area contributed by atoms with E-state index in [-0.39, 0.29) is 29.6 Å². The van der Waals surface area contributed by atoms with Gasteiger partial charge in [-0.25, -0.2) is 0 Å². The summed E-state index contributed by atoms with van der Waals surface area (Å²) in [6.07, 6.45) is 0. The van der Waals surface area contributed by atoms with Gasteiger partial charge in [-0.05, 0) is 25.2 Å². The van der Waals surface area contributed by atoms with Crippen LogP contribution in [-0.4, -0.2) is 49.1 Å². The fourth-order valence-electron chi connectivity index (χ4n) is 3.60. The Balaban J connectivity index is 1.41. The topological polar surface area (TPSA) is 75.7 Å². The normalized spacial score (nSPS) is 12.3. The smallest absolute Gasteiger partial charge is 0.238 e. The Kier molecular flexibility index (Phi) is 5.91. The molecule has 0 atom stereocenters. The van der Waals surface area contributed by atoms with E-state index in [1.54, 1.807) is 42.5 Å². The number of likely N-dealkylation sites (N-methyl/N-ethyl adjacent to an activating group) is 1. The van der Waals surface area contributed by atoms with Gasteiger partial charge in [-0.2, -0.15) is 0 Å². The molecule has 3 aromatic rings. The quantitative estimate of drug-likeness (QED) is 0.502. The van der Waals surface area contributed by atoms with Crippen LogP contribution in [0, 0.1) is 0 Å². The van der Waals surface area contributed by atoms with Gasteiger partial charge in [0, 0.05) is 23.2 Å². The Bertz CT molecular complexity index is 1140. The molecular weight excluding hydrogens is 392 g/mol. The van der Waals surface area contributed by atoms with Crippen LogP contribution in [0.1, 0.15) is 31.8 Å². The first-order chi connectivity index (χ1) is 15.0. The molecule has 0 aliphatic heterocycles. The number of nitrogens with one attached hydrogen (secondary N) is 1. The molecule has 0 saturated heterocycles. The average molecular weight is 414 g/mol. The molecule has 0 unspecified atom stereocenters. The van der Waals surface area contributed by atoms with Gasteiger partial charge in [0.05, 0.1) is 17.8 Å². The van der Waals surface area contributed by atoms with Crippen molar-refractivity contribution in [2.24, 2.45) is 0 Å². The van der Waals surface area contributed by atoms with Crippen LogP contribution >= 0.6 is 0 Å². The molecule has 0 bridgehead atoms. The number of hydrogen-bond donors (Lipinski definition) is 1. The van der Waals surface area contributed by atoms with E-state index < -0.39 is 0 Å². The standard InChI is InChI=1S/C25H22N2O4/c1-27(14-15-31-17-8-3-2-4-9-17)16-22(28)26-21-13-7-12-20-23(21)25(30)19-11-6-5-10-18(19)24(20)29/h2-13H,14-16H2,1H3,(H,26,28). The fourth-order valence-corrected chi connectivity index (χ4v) is 3.60. The molecule has 6 heteroatoms. The van der Waals surface area contributed by atoms with Crippen molar-refractivity contribution in [3.63, 3.8) is 0 Å². The highest BCUT2D eigenvalue weighted by molar-refractivity contribution is 6.30. The molecular formula is C25H22N2O4. The van der Waals surface area contributed by atoms with E-state index in [4.69, 9.17) is 4.74 Å². The van der Waals surface area contributed by atoms with Crippen LogP contribution in [-0.2, 0) is 4.79 Å². The molecule has 156 valence electrons. The predicted octanol–water partition coefficient (Wildman–Crippen LogP) is 3.41. The Morgan fingerprint density at radius 3 is 2.23 bits per heavy atom. The number of ether oxygens (including phenoxy) is 1. The van der Waals surface area contributed by atoms with E-state index in [0.717, 1.165) is 5.75 Å². The van der Waals surface area contributed by atoms with E-state index in [1.165, 1.54) is 0 Å². The van der Waals surface area contributed by atoms with Crippen LogP contribution in [0.15, 0.2) is 72.8 Å². The first-order valence-electron chi connectivity index (χ1n) is 10.0. The summed E-state index contributed by atoms with van der Waals surface area (Å²) in [5.74, 6) is 0.0386. The maximum atomic E-state index is 13.0. The molecule has 0 aromatic heterocycles. The van der Waals surface area contributed by atoms with Crippen LogP contribution in [0.4, 0.5) is 5.69 Å². The number of nitrogens with zero attached hydrogens (tertiary/aromatic N) is 1. The molecule has 6 nitrogen and oxygen atoms in total. The number of anilines is 1. The maximum Gasteiger partial charge on any atom is 0.238 e. The van der Waals surface area contributed by atoms with Gasteiger partial charge < -0.3 is 10.1 Å². The molecule has 3 aromatic carbocycles. The van der Waals surface area contributed by atoms with Crippen molar-refractivity contribution >= 4 is 23.2 Å². The van der Waals surface area contributed by atoms with Gasteiger partial charge in [0.15, 0.2) is 11.6 Å². The summed E-state index contributed by atoms with van der Waals surface area (Å²) in [4.78, 5) is 40.3. The molecule has 0 heterocycles. The Morgan fingerprint density at radius 2 is 1.48 bits per heavy atom. The van der Waals surface area contributed by atoms with E-state index >= 15 is 0 Å². The van der Waals surface area contributed by atoms with Crippen LogP contribution in [0.5, 0.6) is 5.75 Å². The number of rotatable bonds is 7. The van der Waals surface area contributed by atoms with Gasteiger partial charge in [-0.3, -0.25) is 19.3 Å². The second-order valence-electron chi connectivity index (χ2n) is 7.38. The Morgan fingerprint density at radius 1 is 0.839 bits per heavy atom. The zero-order valence-corrected chi connectivity index (χ0v) is 17.1. The summed E-state index contributed by atoms with van der Waals surface area (Å²) >= 11 is 0. The van der Waals surface area contributed by atoms with Crippen LogP contribution < -0.4 is 10.1 Å². The lowest BCUT2D eigenvalue weighted by Crippen LogP contribution is -2.33. The van der Waals surface area contributed by atoms with Crippen molar-refractivity contribution in [3.05, 3.63) is 95.1 Å². The highest BCUT2D eigenvalue weighted by Gasteiger charge is 2.31. The summed E-state index contributed by atoms with van der Waals surface area (Å²) in [6, 6.07) is 21.2. The zero-order valence-electron chi connectivity index (χ0n) is 17.1. The minimum atomic E-state index is -0.269. The number of amides is 1. The largest absolute Gasteiger partial charge is 0.492 e. The second kappa shape index (κ2) is 8.93. The first kappa shape index (κ1) is 20.5. The number of para-hydroxylation sites is 1. The van der Waals surface area contributed by atoms with Crippen molar-refractivity contribution in [2.75, 3.05) is 32.1 Å². The van der Waals surface area contributed by atoms with Gasteiger partial charge in [-0.1, -0.05) is 54.6 Å². The summed E-state index contributed by atoms with van der Waals surface area (Å²) in [5.41, 5.74) is 1.66. The molecule has 1 N–H and O–H groups in total. The average Bonchev–Trinajstić information content (AvgIpc) is 2.78. The number of fused-ring (bicyclic) bond motifs is 2. The molecule has 4 rings (SSSR count). The van der Waals surface area contributed by atoms with Crippen molar-refractivity contribution in [1.29, 1.82) is 0 Å². The summed E-state index contributed by atoms with van der Waals surface area (Å²) < 4.78 is 5.65.